The predicted octanol–water partition coefficient (Wildman–Crippen LogP) is 0.879. The Kier molecular flexibility index (Phi) is 5.79. The van der Waals surface area contributed by atoms with Crippen LogP contribution < -0.4 is 5.32 Å². The third-order valence-electron chi connectivity index (χ3n) is 3.49. The minimum Gasteiger partial charge on any atom is -0.450 e. The van der Waals surface area contributed by atoms with Crippen LogP contribution in [0.25, 0.3) is 0 Å². The monoisotopic (exact) mass is 281 g/mol. The van der Waals surface area contributed by atoms with Crippen molar-refractivity contribution < 1.29 is 9.53 Å². The average Bonchev–Trinajstić information content (AvgIpc) is 2.98. The molecule has 112 valence electrons. The number of likely N-dealkylation sites (tertiary alicyclic amines) is 1. The number of aryl methyl sites for hydroxylation is 1. The summed E-state index contributed by atoms with van der Waals surface area (Å²) in [6.45, 7) is 5.68. The van der Waals surface area contributed by atoms with Crippen molar-refractivity contribution in [3.63, 3.8) is 0 Å². The number of carbonyl (C=O) groups is 1. The van der Waals surface area contributed by atoms with E-state index in [4.69, 9.17) is 4.74 Å². The van der Waals surface area contributed by atoms with E-state index in [1.54, 1.807) is 11.1 Å². The van der Waals surface area contributed by atoms with Crippen LogP contribution in [0.1, 0.15) is 26.2 Å². The first-order valence-corrected chi connectivity index (χ1v) is 7.28. The van der Waals surface area contributed by atoms with E-state index in [0.29, 0.717) is 12.6 Å². The normalized spacial score (nSPS) is 16.4. The van der Waals surface area contributed by atoms with Gasteiger partial charge in [-0.25, -0.2) is 4.79 Å². The third kappa shape index (κ3) is 4.48. The Hall–Kier alpha value is -1.63. The van der Waals surface area contributed by atoms with Gasteiger partial charge in [-0.3, -0.25) is 4.68 Å². The van der Waals surface area contributed by atoms with E-state index in [1.807, 2.05) is 17.8 Å². The van der Waals surface area contributed by atoms with Crippen LogP contribution in [0.2, 0.25) is 0 Å². The molecular weight excluding hydrogens is 258 g/mol. The zero-order chi connectivity index (χ0) is 14.2. The summed E-state index contributed by atoms with van der Waals surface area (Å²) < 4.78 is 6.85. The number of piperidine rings is 1. The molecule has 0 saturated carbocycles. The maximum atomic E-state index is 11.6. The van der Waals surface area contributed by atoms with Crippen molar-refractivity contribution >= 4 is 6.09 Å². The van der Waals surface area contributed by atoms with E-state index in [1.165, 1.54) is 0 Å². The van der Waals surface area contributed by atoms with Gasteiger partial charge < -0.3 is 15.0 Å². The molecule has 0 spiro atoms. The number of ether oxygens (including phenoxy) is 1. The molecule has 0 atom stereocenters. The molecule has 1 amide bonds. The topological polar surface area (TPSA) is 72.3 Å². The summed E-state index contributed by atoms with van der Waals surface area (Å²) in [4.78, 5) is 13.4. The number of rotatable bonds is 6. The number of carbonyl (C=O) groups excluding carboxylic acids is 1. The Balaban J connectivity index is 1.56. The van der Waals surface area contributed by atoms with Gasteiger partial charge in [0.05, 0.1) is 12.8 Å². The van der Waals surface area contributed by atoms with Gasteiger partial charge in [0, 0.05) is 31.9 Å². The minimum atomic E-state index is -0.183. The lowest BCUT2D eigenvalue weighted by atomic mass is 10.1. The summed E-state index contributed by atoms with van der Waals surface area (Å²) in [5.41, 5.74) is 0. The summed E-state index contributed by atoms with van der Waals surface area (Å²) in [7, 11) is 0. The Morgan fingerprint density at radius 2 is 2.25 bits per heavy atom. The van der Waals surface area contributed by atoms with E-state index in [2.05, 4.69) is 15.6 Å². The number of amides is 1. The molecule has 0 radical (unpaired) electrons. The molecule has 1 saturated heterocycles. The van der Waals surface area contributed by atoms with Crippen molar-refractivity contribution in [1.29, 1.82) is 0 Å². The molecule has 0 bridgehead atoms. The van der Waals surface area contributed by atoms with Crippen molar-refractivity contribution in [1.82, 2.24) is 25.2 Å². The third-order valence-corrected chi connectivity index (χ3v) is 3.49. The molecule has 0 aliphatic carbocycles. The molecule has 1 aromatic rings. The zero-order valence-corrected chi connectivity index (χ0v) is 12.0. The van der Waals surface area contributed by atoms with E-state index in [9.17, 15) is 4.79 Å². The SMILES string of the molecule is CCOC(=O)N1CCC(NCCCn2ccnn2)CC1. The summed E-state index contributed by atoms with van der Waals surface area (Å²) in [6.07, 6.45) is 6.39. The molecule has 20 heavy (non-hydrogen) atoms. The van der Waals surface area contributed by atoms with Crippen LogP contribution in [0.15, 0.2) is 12.4 Å². The van der Waals surface area contributed by atoms with Gasteiger partial charge in [-0.1, -0.05) is 5.21 Å². The lowest BCUT2D eigenvalue weighted by Gasteiger charge is -2.31. The summed E-state index contributed by atoms with van der Waals surface area (Å²) >= 11 is 0. The molecule has 1 N–H and O–H groups in total. The predicted molar refractivity (Wildman–Crippen MR) is 74.3 cm³/mol. The van der Waals surface area contributed by atoms with Crippen molar-refractivity contribution in [2.24, 2.45) is 0 Å². The van der Waals surface area contributed by atoms with E-state index >= 15 is 0 Å². The molecule has 2 heterocycles. The number of hydrogen-bond acceptors (Lipinski definition) is 5. The maximum absolute atomic E-state index is 11.6. The molecule has 7 nitrogen and oxygen atoms in total. The fourth-order valence-corrected chi connectivity index (χ4v) is 2.38. The van der Waals surface area contributed by atoms with Gasteiger partial charge in [-0.15, -0.1) is 5.10 Å². The van der Waals surface area contributed by atoms with Crippen LogP contribution in [-0.4, -0.2) is 58.3 Å². The number of nitrogens with one attached hydrogen (secondary N) is 1. The summed E-state index contributed by atoms with van der Waals surface area (Å²) in [5, 5.41) is 11.2. The van der Waals surface area contributed by atoms with Crippen LogP contribution in [0.5, 0.6) is 0 Å². The highest BCUT2D eigenvalue weighted by molar-refractivity contribution is 5.67. The Labute approximate surface area is 119 Å². The van der Waals surface area contributed by atoms with Crippen LogP contribution in [0.3, 0.4) is 0 Å². The Morgan fingerprint density at radius 1 is 1.45 bits per heavy atom. The van der Waals surface area contributed by atoms with Crippen LogP contribution in [0, 0.1) is 0 Å². The van der Waals surface area contributed by atoms with Gasteiger partial charge in [0.15, 0.2) is 0 Å². The molecule has 0 unspecified atom stereocenters. The van der Waals surface area contributed by atoms with Crippen molar-refractivity contribution in [2.75, 3.05) is 26.2 Å². The smallest absolute Gasteiger partial charge is 0.409 e. The quantitative estimate of drug-likeness (QED) is 0.784. The van der Waals surface area contributed by atoms with Gasteiger partial charge in [0.25, 0.3) is 0 Å². The molecular formula is C13H23N5O2. The first kappa shape index (κ1) is 14.8. The van der Waals surface area contributed by atoms with Gasteiger partial charge in [0.2, 0.25) is 0 Å². The highest BCUT2D eigenvalue weighted by Gasteiger charge is 2.22. The number of aromatic nitrogens is 3. The molecule has 1 aliphatic heterocycles. The van der Waals surface area contributed by atoms with Gasteiger partial charge in [0.1, 0.15) is 0 Å². The van der Waals surface area contributed by atoms with Crippen molar-refractivity contribution in [2.45, 2.75) is 38.8 Å². The number of hydrogen-bond donors (Lipinski definition) is 1. The van der Waals surface area contributed by atoms with Crippen LogP contribution in [-0.2, 0) is 11.3 Å². The van der Waals surface area contributed by atoms with Gasteiger partial charge >= 0.3 is 6.09 Å². The molecule has 1 aromatic heterocycles. The van der Waals surface area contributed by atoms with E-state index in [-0.39, 0.29) is 6.09 Å². The van der Waals surface area contributed by atoms with Crippen molar-refractivity contribution in [3.05, 3.63) is 12.4 Å². The molecule has 1 aliphatic rings. The minimum absolute atomic E-state index is 0.183. The second-order valence-electron chi connectivity index (χ2n) is 4.93. The lowest BCUT2D eigenvalue weighted by molar-refractivity contribution is 0.0951. The standard InChI is InChI=1S/C13H23N5O2/c1-2-20-13(19)17-9-4-12(5-10-17)14-6-3-8-18-11-7-15-16-18/h7,11-12,14H,2-6,8-10H2,1H3. The second kappa shape index (κ2) is 7.84. The molecule has 1 fully saturated rings. The first-order valence-electron chi connectivity index (χ1n) is 7.28. The number of nitrogens with zero attached hydrogens (tertiary/aromatic N) is 4. The van der Waals surface area contributed by atoms with Gasteiger partial charge in [-0.05, 0) is 32.7 Å². The van der Waals surface area contributed by atoms with Crippen LogP contribution in [0.4, 0.5) is 4.79 Å². The first-order chi connectivity index (χ1) is 9.79. The Bertz CT molecular complexity index is 387. The zero-order valence-electron chi connectivity index (χ0n) is 12.0. The molecule has 0 aromatic carbocycles. The molecule has 2 rings (SSSR count). The Morgan fingerprint density at radius 3 is 2.90 bits per heavy atom. The average molecular weight is 281 g/mol. The van der Waals surface area contributed by atoms with Crippen molar-refractivity contribution in [3.8, 4) is 0 Å². The summed E-state index contributed by atoms with van der Waals surface area (Å²) in [5.74, 6) is 0. The van der Waals surface area contributed by atoms with E-state index < -0.39 is 0 Å². The molecule has 7 heteroatoms. The lowest BCUT2D eigenvalue weighted by Crippen LogP contribution is -2.45. The van der Waals surface area contributed by atoms with Crippen LogP contribution >= 0.6 is 0 Å². The maximum Gasteiger partial charge on any atom is 0.409 e. The second-order valence-corrected chi connectivity index (χ2v) is 4.93. The van der Waals surface area contributed by atoms with Gasteiger partial charge in [-0.2, -0.15) is 0 Å². The fourth-order valence-electron chi connectivity index (χ4n) is 2.38. The highest BCUT2D eigenvalue weighted by Crippen LogP contribution is 2.11. The summed E-state index contributed by atoms with van der Waals surface area (Å²) in [6, 6.07) is 0.497. The van der Waals surface area contributed by atoms with E-state index in [0.717, 1.165) is 45.4 Å². The fraction of sp³-hybridized carbons (Fsp3) is 0.769. The highest BCUT2D eigenvalue weighted by atomic mass is 16.6. The largest absolute Gasteiger partial charge is 0.450 e.